The fraction of sp³-hybridized carbons (Fsp3) is 0.217. The number of aliphatic hydroxyl groups excluding tert-OH is 1. The number of carboxylic acids is 1. The van der Waals surface area contributed by atoms with Gasteiger partial charge in [0.05, 0.1) is 22.9 Å². The standard InChI is InChI=1S/C23H18FNO5S2/c24-13-1-5-19-17(8-13)25-21(32-19)11-29-14-2-4-18-16(9-14)22(26)12(10-30-18)7-15-3-6-20(31-15)23(27)28/h1-6,8-9,12,22,26H,7,10-11H2,(H,27,28)/t12-,22-/m1/s1. The number of rotatable bonds is 6. The number of carboxylic acid groups (broad SMARTS) is 1. The zero-order valence-electron chi connectivity index (χ0n) is 16.7. The predicted molar refractivity (Wildman–Crippen MR) is 119 cm³/mol. The van der Waals surface area contributed by atoms with E-state index < -0.39 is 12.1 Å². The van der Waals surface area contributed by atoms with Crippen molar-refractivity contribution in [3.05, 3.63) is 74.7 Å². The van der Waals surface area contributed by atoms with Crippen LogP contribution in [0, 0.1) is 11.7 Å². The van der Waals surface area contributed by atoms with Crippen LogP contribution in [0.3, 0.4) is 0 Å². The average molecular weight is 472 g/mol. The molecule has 5 rings (SSSR count). The molecular formula is C23H18FNO5S2. The Bertz CT molecular complexity index is 1300. The maximum Gasteiger partial charge on any atom is 0.345 e. The zero-order chi connectivity index (χ0) is 22.2. The minimum atomic E-state index is -0.952. The second-order valence-corrected chi connectivity index (χ2v) is 9.78. The van der Waals surface area contributed by atoms with Crippen molar-refractivity contribution in [2.24, 2.45) is 5.92 Å². The number of halogens is 1. The number of ether oxygens (including phenoxy) is 2. The highest BCUT2D eigenvalue weighted by Crippen LogP contribution is 2.39. The van der Waals surface area contributed by atoms with Crippen LogP contribution in [0.25, 0.3) is 10.2 Å². The predicted octanol–water partition coefficient (Wildman–Crippen LogP) is 5.06. The molecule has 1 aliphatic heterocycles. The van der Waals surface area contributed by atoms with Gasteiger partial charge >= 0.3 is 5.97 Å². The number of thiazole rings is 1. The van der Waals surface area contributed by atoms with E-state index in [0.29, 0.717) is 35.6 Å². The van der Waals surface area contributed by atoms with E-state index in [1.807, 2.05) is 0 Å². The number of fused-ring (bicyclic) bond motifs is 2. The molecule has 0 unspecified atom stereocenters. The van der Waals surface area contributed by atoms with E-state index in [9.17, 15) is 14.3 Å². The zero-order valence-corrected chi connectivity index (χ0v) is 18.3. The third kappa shape index (κ3) is 4.19. The van der Waals surface area contributed by atoms with Crippen molar-refractivity contribution in [3.63, 3.8) is 0 Å². The van der Waals surface area contributed by atoms with Crippen molar-refractivity contribution in [1.29, 1.82) is 0 Å². The summed E-state index contributed by atoms with van der Waals surface area (Å²) >= 11 is 2.65. The minimum absolute atomic E-state index is 0.197. The minimum Gasteiger partial charge on any atom is -0.493 e. The summed E-state index contributed by atoms with van der Waals surface area (Å²) in [5.41, 5.74) is 1.24. The fourth-order valence-electron chi connectivity index (χ4n) is 3.71. The molecule has 9 heteroatoms. The molecule has 0 saturated heterocycles. The summed E-state index contributed by atoms with van der Waals surface area (Å²) in [7, 11) is 0. The summed E-state index contributed by atoms with van der Waals surface area (Å²) in [6.45, 7) is 0.574. The molecule has 0 radical (unpaired) electrons. The quantitative estimate of drug-likeness (QED) is 0.409. The first kappa shape index (κ1) is 20.9. The van der Waals surface area contributed by atoms with Crippen molar-refractivity contribution in [3.8, 4) is 11.5 Å². The van der Waals surface area contributed by atoms with Crippen molar-refractivity contribution < 1.29 is 28.9 Å². The van der Waals surface area contributed by atoms with Crippen molar-refractivity contribution in [2.75, 3.05) is 6.61 Å². The maximum atomic E-state index is 13.4. The smallest absolute Gasteiger partial charge is 0.345 e. The lowest BCUT2D eigenvalue weighted by Crippen LogP contribution is -2.27. The Morgan fingerprint density at radius 1 is 1.19 bits per heavy atom. The van der Waals surface area contributed by atoms with Gasteiger partial charge in [-0.2, -0.15) is 0 Å². The largest absolute Gasteiger partial charge is 0.493 e. The van der Waals surface area contributed by atoms with Crippen LogP contribution in [0.15, 0.2) is 48.5 Å². The molecule has 4 aromatic rings. The van der Waals surface area contributed by atoms with Crippen LogP contribution in [0.1, 0.15) is 31.2 Å². The summed E-state index contributed by atoms with van der Waals surface area (Å²) in [4.78, 5) is 16.7. The lowest BCUT2D eigenvalue weighted by atomic mass is 9.90. The summed E-state index contributed by atoms with van der Waals surface area (Å²) in [5.74, 6) is -0.296. The van der Waals surface area contributed by atoms with Crippen molar-refractivity contribution >= 4 is 38.9 Å². The first-order valence-electron chi connectivity index (χ1n) is 9.91. The Balaban J connectivity index is 1.29. The maximum absolute atomic E-state index is 13.4. The molecule has 2 N–H and O–H groups in total. The van der Waals surface area contributed by atoms with E-state index in [4.69, 9.17) is 14.6 Å². The van der Waals surface area contributed by atoms with Gasteiger partial charge in [-0.1, -0.05) is 0 Å². The van der Waals surface area contributed by atoms with E-state index in [1.54, 1.807) is 36.4 Å². The Morgan fingerprint density at radius 3 is 2.88 bits per heavy atom. The van der Waals surface area contributed by atoms with Gasteiger partial charge in [-0.3, -0.25) is 0 Å². The number of hydrogen-bond acceptors (Lipinski definition) is 7. The number of benzene rings is 2. The molecule has 6 nitrogen and oxygen atoms in total. The van der Waals surface area contributed by atoms with Gasteiger partial charge in [0.15, 0.2) is 0 Å². The highest BCUT2D eigenvalue weighted by Gasteiger charge is 2.30. The number of aromatic nitrogens is 1. The molecule has 3 heterocycles. The van der Waals surface area contributed by atoms with Crippen LogP contribution in [0.4, 0.5) is 4.39 Å². The second-order valence-electron chi connectivity index (χ2n) is 7.50. The third-order valence-corrected chi connectivity index (χ3v) is 7.40. The molecule has 1 aliphatic rings. The van der Waals surface area contributed by atoms with Crippen molar-refractivity contribution in [2.45, 2.75) is 19.1 Å². The van der Waals surface area contributed by atoms with E-state index >= 15 is 0 Å². The molecule has 2 aromatic heterocycles. The molecule has 2 aromatic carbocycles. The van der Waals surface area contributed by atoms with Gasteiger partial charge in [0, 0.05) is 22.4 Å². The van der Waals surface area contributed by atoms with E-state index in [0.717, 1.165) is 14.6 Å². The number of aliphatic hydroxyl groups is 1. The average Bonchev–Trinajstić information content (AvgIpc) is 3.41. The number of aromatic carboxylic acids is 1. The molecule has 0 bridgehead atoms. The Hall–Kier alpha value is -3.01. The van der Waals surface area contributed by atoms with E-state index in [1.165, 1.54) is 34.8 Å². The highest BCUT2D eigenvalue weighted by molar-refractivity contribution is 7.18. The molecule has 0 fully saturated rings. The summed E-state index contributed by atoms with van der Waals surface area (Å²) in [5, 5.41) is 20.8. The number of thiophene rings is 1. The van der Waals surface area contributed by atoms with E-state index in [-0.39, 0.29) is 23.2 Å². The normalized spacial score (nSPS) is 17.7. The topological polar surface area (TPSA) is 88.9 Å². The van der Waals surface area contributed by atoms with Gasteiger partial charge in [-0.25, -0.2) is 14.2 Å². The van der Waals surface area contributed by atoms with Crippen LogP contribution in [0.5, 0.6) is 11.5 Å². The van der Waals surface area contributed by atoms with Gasteiger partial charge in [-0.15, -0.1) is 22.7 Å². The second kappa shape index (κ2) is 8.50. The fourth-order valence-corrected chi connectivity index (χ4v) is 5.51. The summed E-state index contributed by atoms with van der Waals surface area (Å²) in [6.07, 6.45) is -0.241. The summed E-state index contributed by atoms with van der Waals surface area (Å²) in [6, 6.07) is 13.2. The van der Waals surface area contributed by atoms with Gasteiger partial charge in [0.25, 0.3) is 0 Å². The molecule has 0 amide bonds. The van der Waals surface area contributed by atoms with Crippen LogP contribution < -0.4 is 9.47 Å². The molecule has 32 heavy (non-hydrogen) atoms. The van der Waals surface area contributed by atoms with Gasteiger partial charge in [0.1, 0.15) is 33.8 Å². The lowest BCUT2D eigenvalue weighted by molar-refractivity contribution is 0.0508. The van der Waals surface area contributed by atoms with Gasteiger partial charge in [0.2, 0.25) is 0 Å². The summed E-state index contributed by atoms with van der Waals surface area (Å²) < 4.78 is 26.0. The first-order chi connectivity index (χ1) is 15.5. The Morgan fingerprint density at radius 2 is 2.06 bits per heavy atom. The first-order valence-corrected chi connectivity index (χ1v) is 11.5. The van der Waals surface area contributed by atoms with Crippen molar-refractivity contribution in [1.82, 2.24) is 4.98 Å². The van der Waals surface area contributed by atoms with Gasteiger partial charge in [-0.05, 0) is 48.9 Å². The molecule has 2 atom stereocenters. The molecular weight excluding hydrogens is 453 g/mol. The lowest BCUT2D eigenvalue weighted by Gasteiger charge is -2.30. The van der Waals surface area contributed by atoms with Gasteiger partial charge < -0.3 is 19.7 Å². The molecule has 0 spiro atoms. The third-order valence-electron chi connectivity index (χ3n) is 5.29. The Labute approximate surface area is 190 Å². The molecule has 0 aliphatic carbocycles. The SMILES string of the molecule is O=C(O)c1ccc(C[C@@H]2COc3ccc(OCc4nc5cc(F)ccc5s4)cc3[C@@H]2O)s1. The van der Waals surface area contributed by atoms with Crippen LogP contribution >= 0.6 is 22.7 Å². The highest BCUT2D eigenvalue weighted by atomic mass is 32.1. The van der Waals surface area contributed by atoms with Crippen LogP contribution in [0.2, 0.25) is 0 Å². The number of nitrogens with zero attached hydrogens (tertiary/aromatic N) is 1. The number of hydrogen-bond donors (Lipinski definition) is 2. The Kier molecular flexibility index (Phi) is 5.54. The monoisotopic (exact) mass is 471 g/mol. The van der Waals surface area contributed by atoms with E-state index in [2.05, 4.69) is 4.98 Å². The molecule has 0 saturated carbocycles. The molecule has 164 valence electrons. The van der Waals surface area contributed by atoms with Crippen LogP contribution in [-0.4, -0.2) is 27.8 Å². The number of carbonyl (C=O) groups is 1. The van der Waals surface area contributed by atoms with Crippen LogP contribution in [-0.2, 0) is 13.0 Å².